The number of nitrogens with zero attached hydrogens (tertiary/aromatic N) is 4. The number of benzene rings is 3. The van der Waals surface area contributed by atoms with Crippen LogP contribution in [0.1, 0.15) is 0 Å². The third-order valence-electron chi connectivity index (χ3n) is 4.41. The zero-order chi connectivity index (χ0) is 22.0. The van der Waals surface area contributed by atoms with Crippen molar-refractivity contribution in [2.24, 2.45) is 10.2 Å². The van der Waals surface area contributed by atoms with Gasteiger partial charge in [-0.1, -0.05) is 41.4 Å². The maximum Gasteiger partial charge on any atom is 0.299 e. The van der Waals surface area contributed by atoms with Crippen molar-refractivity contribution in [3.8, 4) is 16.9 Å². The van der Waals surface area contributed by atoms with Gasteiger partial charge < -0.3 is 0 Å². The van der Waals surface area contributed by atoms with Crippen molar-refractivity contribution in [2.75, 3.05) is 0 Å². The van der Waals surface area contributed by atoms with Gasteiger partial charge in [0.25, 0.3) is 11.2 Å². The first-order valence-corrected chi connectivity index (χ1v) is 9.71. The number of aromatic nitrogens is 2. The number of hydrogen-bond donors (Lipinski definition) is 1. The molecule has 0 aliphatic rings. The lowest BCUT2D eigenvalue weighted by atomic mass is 10.1. The van der Waals surface area contributed by atoms with Gasteiger partial charge in [0.1, 0.15) is 5.69 Å². The fourth-order valence-corrected chi connectivity index (χ4v) is 3.22. The number of H-pyrrole nitrogens is 1. The Morgan fingerprint density at radius 3 is 2.32 bits per heavy atom. The maximum atomic E-state index is 13.1. The molecule has 0 bridgehead atoms. The van der Waals surface area contributed by atoms with Gasteiger partial charge in [0.05, 0.1) is 21.3 Å². The number of nitro benzene ring substituents is 1. The quantitative estimate of drug-likeness (QED) is 0.212. The molecule has 1 heterocycles. The van der Waals surface area contributed by atoms with Crippen LogP contribution >= 0.6 is 23.2 Å². The highest BCUT2D eigenvalue weighted by molar-refractivity contribution is 6.35. The molecule has 8 nitrogen and oxygen atoms in total. The second-order valence-electron chi connectivity index (χ2n) is 6.41. The molecule has 0 radical (unpaired) electrons. The minimum atomic E-state index is -0.497. The number of aromatic amines is 1. The summed E-state index contributed by atoms with van der Waals surface area (Å²) in [7, 11) is 0. The summed E-state index contributed by atoms with van der Waals surface area (Å²) in [6.07, 6.45) is 0. The second-order valence-corrected chi connectivity index (χ2v) is 7.25. The Bertz CT molecular complexity index is 1350. The van der Waals surface area contributed by atoms with E-state index in [2.05, 4.69) is 15.3 Å². The fourth-order valence-electron chi connectivity index (χ4n) is 2.90. The number of azo groups is 1. The van der Waals surface area contributed by atoms with Crippen molar-refractivity contribution < 1.29 is 4.92 Å². The van der Waals surface area contributed by atoms with Crippen LogP contribution in [0.4, 0.5) is 17.1 Å². The molecule has 0 aliphatic heterocycles. The van der Waals surface area contributed by atoms with Gasteiger partial charge in [0.15, 0.2) is 5.69 Å². The summed E-state index contributed by atoms with van der Waals surface area (Å²) in [5.41, 5.74) is 1.29. The standard InChI is InChI=1S/C21H13Cl2N5O3/c22-14-8-11-17(23)18(12-14)24-25-20-19(13-6-9-16(10-7-13)28(30)31)26-27(21(20)29)15-4-2-1-3-5-15/h1-12,26H. The van der Waals surface area contributed by atoms with Crippen LogP contribution in [0.3, 0.4) is 0 Å². The first kappa shape index (κ1) is 20.5. The van der Waals surface area contributed by atoms with Gasteiger partial charge in [-0.15, -0.1) is 10.2 Å². The van der Waals surface area contributed by atoms with E-state index in [1.807, 2.05) is 6.07 Å². The van der Waals surface area contributed by atoms with Crippen LogP contribution in [0.2, 0.25) is 10.0 Å². The van der Waals surface area contributed by atoms with Crippen molar-refractivity contribution in [1.82, 2.24) is 9.78 Å². The minimum absolute atomic E-state index is 0.0220. The molecule has 3 aromatic carbocycles. The number of hydrogen-bond acceptors (Lipinski definition) is 5. The van der Waals surface area contributed by atoms with Gasteiger partial charge in [-0.3, -0.25) is 20.0 Å². The summed E-state index contributed by atoms with van der Waals surface area (Å²) in [5.74, 6) is 0. The third kappa shape index (κ3) is 4.25. The summed E-state index contributed by atoms with van der Waals surface area (Å²) in [5, 5.41) is 23.0. The van der Waals surface area contributed by atoms with E-state index < -0.39 is 10.5 Å². The SMILES string of the molecule is O=c1c(N=Nc2cc(Cl)ccc2Cl)c(-c2ccc([N+](=O)[O-])cc2)[nH]n1-c1ccccc1. The molecule has 154 valence electrons. The number of non-ortho nitro benzene ring substituents is 1. The molecule has 4 aromatic rings. The molecule has 1 aromatic heterocycles. The maximum absolute atomic E-state index is 13.1. The van der Waals surface area contributed by atoms with E-state index in [-0.39, 0.29) is 11.4 Å². The molecular formula is C21H13Cl2N5O3. The highest BCUT2D eigenvalue weighted by Gasteiger charge is 2.18. The van der Waals surface area contributed by atoms with E-state index in [0.717, 1.165) is 0 Å². The van der Waals surface area contributed by atoms with Crippen molar-refractivity contribution in [3.63, 3.8) is 0 Å². The zero-order valence-electron chi connectivity index (χ0n) is 15.7. The van der Waals surface area contributed by atoms with Crippen LogP contribution in [0.25, 0.3) is 16.9 Å². The number of nitrogens with one attached hydrogen (secondary N) is 1. The van der Waals surface area contributed by atoms with Crippen molar-refractivity contribution in [2.45, 2.75) is 0 Å². The van der Waals surface area contributed by atoms with Crippen LogP contribution in [0.5, 0.6) is 0 Å². The van der Waals surface area contributed by atoms with Gasteiger partial charge in [-0.05, 0) is 42.5 Å². The molecular weight excluding hydrogens is 441 g/mol. The van der Waals surface area contributed by atoms with E-state index in [0.29, 0.717) is 32.7 Å². The molecule has 0 atom stereocenters. The van der Waals surface area contributed by atoms with Crippen molar-refractivity contribution in [3.05, 3.63) is 103 Å². The number of rotatable bonds is 5. The largest absolute Gasteiger partial charge is 0.299 e. The van der Waals surface area contributed by atoms with Crippen LogP contribution in [-0.2, 0) is 0 Å². The summed E-state index contributed by atoms with van der Waals surface area (Å²) >= 11 is 12.1. The first-order valence-electron chi connectivity index (χ1n) is 8.96. The smallest absolute Gasteiger partial charge is 0.288 e. The van der Waals surface area contributed by atoms with Gasteiger partial charge in [0, 0.05) is 22.7 Å². The van der Waals surface area contributed by atoms with Gasteiger partial charge in [-0.25, -0.2) is 4.68 Å². The van der Waals surface area contributed by atoms with Gasteiger partial charge >= 0.3 is 0 Å². The summed E-state index contributed by atoms with van der Waals surface area (Å²) in [6, 6.07) is 19.4. The summed E-state index contributed by atoms with van der Waals surface area (Å²) < 4.78 is 1.32. The zero-order valence-corrected chi connectivity index (χ0v) is 17.2. The number of nitro groups is 1. The second kappa shape index (κ2) is 8.55. The Hall–Kier alpha value is -3.75. The summed E-state index contributed by atoms with van der Waals surface area (Å²) in [4.78, 5) is 23.6. The third-order valence-corrected chi connectivity index (χ3v) is 4.97. The lowest BCUT2D eigenvalue weighted by molar-refractivity contribution is -0.384. The van der Waals surface area contributed by atoms with E-state index in [4.69, 9.17) is 23.2 Å². The number of para-hydroxylation sites is 1. The molecule has 0 spiro atoms. The molecule has 0 unspecified atom stereocenters. The van der Waals surface area contributed by atoms with Crippen LogP contribution in [0.15, 0.2) is 87.8 Å². The van der Waals surface area contributed by atoms with Crippen LogP contribution in [-0.4, -0.2) is 14.7 Å². The highest BCUT2D eigenvalue weighted by atomic mass is 35.5. The molecule has 1 N–H and O–H groups in total. The molecule has 0 saturated carbocycles. The van der Waals surface area contributed by atoms with Crippen molar-refractivity contribution >= 4 is 40.3 Å². The molecule has 10 heteroatoms. The molecule has 0 fully saturated rings. The Balaban J connectivity index is 1.87. The molecule has 0 saturated heterocycles. The van der Waals surface area contributed by atoms with E-state index in [1.165, 1.54) is 35.0 Å². The Kier molecular flexibility index (Phi) is 5.66. The Morgan fingerprint density at radius 2 is 1.65 bits per heavy atom. The monoisotopic (exact) mass is 453 g/mol. The van der Waals surface area contributed by atoms with E-state index >= 15 is 0 Å². The lowest BCUT2D eigenvalue weighted by Gasteiger charge is -2.01. The molecule has 0 amide bonds. The number of halogens is 2. The van der Waals surface area contributed by atoms with Crippen LogP contribution in [0, 0.1) is 10.1 Å². The van der Waals surface area contributed by atoms with Crippen LogP contribution < -0.4 is 5.56 Å². The topological polar surface area (TPSA) is 106 Å². The molecule has 0 aliphatic carbocycles. The molecule has 31 heavy (non-hydrogen) atoms. The average Bonchev–Trinajstić information content (AvgIpc) is 3.11. The first-order chi connectivity index (χ1) is 14.9. The summed E-state index contributed by atoms with van der Waals surface area (Å²) in [6.45, 7) is 0. The minimum Gasteiger partial charge on any atom is -0.288 e. The van der Waals surface area contributed by atoms with E-state index in [1.54, 1.807) is 36.4 Å². The lowest BCUT2D eigenvalue weighted by Crippen LogP contribution is -2.13. The van der Waals surface area contributed by atoms with Crippen molar-refractivity contribution in [1.29, 1.82) is 0 Å². The highest BCUT2D eigenvalue weighted by Crippen LogP contribution is 2.32. The van der Waals surface area contributed by atoms with Gasteiger partial charge in [0.2, 0.25) is 0 Å². The van der Waals surface area contributed by atoms with Gasteiger partial charge in [-0.2, -0.15) is 0 Å². The molecule has 4 rings (SSSR count). The van der Waals surface area contributed by atoms with E-state index in [9.17, 15) is 14.9 Å². The predicted molar refractivity (Wildman–Crippen MR) is 119 cm³/mol. The Morgan fingerprint density at radius 1 is 0.935 bits per heavy atom. The Labute approximate surface area is 185 Å². The average molecular weight is 454 g/mol. The normalized spacial score (nSPS) is 11.2. The predicted octanol–water partition coefficient (Wildman–Crippen LogP) is 6.46. The fraction of sp³-hybridized carbons (Fsp3) is 0.